The van der Waals surface area contributed by atoms with Crippen LogP contribution in [0.15, 0.2) is 30.3 Å². The van der Waals surface area contributed by atoms with Crippen molar-refractivity contribution < 1.29 is 0 Å². The number of rotatable bonds is 5. The quantitative estimate of drug-likeness (QED) is 0.818. The lowest BCUT2D eigenvalue weighted by atomic mass is 9.82. The smallest absolute Gasteiger partial charge is 0.0205 e. The summed E-state index contributed by atoms with van der Waals surface area (Å²) in [4.78, 5) is 0. The summed E-state index contributed by atoms with van der Waals surface area (Å²) in [6.07, 6.45) is 5.36. The van der Waals surface area contributed by atoms with E-state index in [-0.39, 0.29) is 0 Å². The predicted molar refractivity (Wildman–Crippen MR) is 72.7 cm³/mol. The summed E-state index contributed by atoms with van der Waals surface area (Å²) < 4.78 is 0. The number of nitrogens with two attached hydrogens (primary N) is 1. The van der Waals surface area contributed by atoms with Crippen LogP contribution in [-0.4, -0.2) is 13.1 Å². The molecule has 0 aromatic heterocycles. The molecule has 1 aromatic carbocycles. The van der Waals surface area contributed by atoms with Gasteiger partial charge in [-0.1, -0.05) is 30.3 Å². The molecule has 0 atom stereocenters. The minimum atomic E-state index is 0.792. The first-order chi connectivity index (χ1) is 8.38. The fourth-order valence-corrected chi connectivity index (χ4v) is 2.69. The highest BCUT2D eigenvalue weighted by atomic mass is 14.9. The summed E-state index contributed by atoms with van der Waals surface area (Å²) in [5, 5.41) is 3.57. The molecule has 0 saturated heterocycles. The Bertz CT molecular complexity index is 302. The molecule has 2 heteroatoms. The van der Waals surface area contributed by atoms with Crippen LogP contribution >= 0.6 is 0 Å². The van der Waals surface area contributed by atoms with Crippen molar-refractivity contribution in [2.45, 2.75) is 32.2 Å². The van der Waals surface area contributed by atoms with Crippen LogP contribution in [0, 0.1) is 11.8 Å². The highest BCUT2D eigenvalue weighted by Gasteiger charge is 2.19. The molecule has 0 amide bonds. The highest BCUT2D eigenvalue weighted by Crippen LogP contribution is 2.27. The van der Waals surface area contributed by atoms with Gasteiger partial charge in [0.25, 0.3) is 0 Å². The van der Waals surface area contributed by atoms with E-state index in [1.165, 1.54) is 31.2 Å². The van der Waals surface area contributed by atoms with Crippen LogP contribution in [0.1, 0.15) is 31.2 Å². The Labute approximate surface area is 105 Å². The third kappa shape index (κ3) is 4.14. The molecule has 1 saturated carbocycles. The maximum Gasteiger partial charge on any atom is 0.0205 e. The number of hydrogen-bond donors (Lipinski definition) is 2. The van der Waals surface area contributed by atoms with Gasteiger partial charge in [-0.2, -0.15) is 0 Å². The average molecular weight is 232 g/mol. The van der Waals surface area contributed by atoms with E-state index in [4.69, 9.17) is 5.73 Å². The fraction of sp³-hybridized carbons (Fsp3) is 0.600. The van der Waals surface area contributed by atoms with Crippen molar-refractivity contribution in [2.75, 3.05) is 13.1 Å². The van der Waals surface area contributed by atoms with Gasteiger partial charge in [0.15, 0.2) is 0 Å². The fourth-order valence-electron chi connectivity index (χ4n) is 2.69. The van der Waals surface area contributed by atoms with Crippen molar-refractivity contribution in [1.82, 2.24) is 5.32 Å². The van der Waals surface area contributed by atoms with E-state index in [1.54, 1.807) is 0 Å². The van der Waals surface area contributed by atoms with Crippen LogP contribution in [0.4, 0.5) is 0 Å². The second-order valence-electron chi connectivity index (χ2n) is 5.24. The van der Waals surface area contributed by atoms with Gasteiger partial charge in [0, 0.05) is 6.54 Å². The Hall–Kier alpha value is -0.860. The third-order valence-electron chi connectivity index (χ3n) is 3.90. The Morgan fingerprint density at radius 1 is 1.00 bits per heavy atom. The normalized spacial score (nSPS) is 24.8. The minimum Gasteiger partial charge on any atom is -0.330 e. The molecule has 0 spiro atoms. The molecule has 0 aliphatic heterocycles. The standard InChI is InChI=1S/C15H24N2/c16-10-13-6-8-15(9-7-13)12-17-11-14-4-2-1-3-5-14/h1-5,13,15,17H,6-12,16H2. The first-order valence-electron chi connectivity index (χ1n) is 6.83. The molecule has 1 aliphatic rings. The monoisotopic (exact) mass is 232 g/mol. The number of hydrogen-bond acceptors (Lipinski definition) is 2. The van der Waals surface area contributed by atoms with Crippen molar-refractivity contribution in [1.29, 1.82) is 0 Å². The zero-order valence-corrected chi connectivity index (χ0v) is 10.6. The molecule has 1 fully saturated rings. The van der Waals surface area contributed by atoms with Crippen molar-refractivity contribution in [3.63, 3.8) is 0 Å². The van der Waals surface area contributed by atoms with Crippen LogP contribution in [-0.2, 0) is 6.54 Å². The average Bonchev–Trinajstić information content (AvgIpc) is 2.41. The van der Waals surface area contributed by atoms with Gasteiger partial charge in [0.2, 0.25) is 0 Å². The molecule has 0 radical (unpaired) electrons. The van der Waals surface area contributed by atoms with Crippen LogP contribution < -0.4 is 11.1 Å². The Kier molecular flexibility index (Phi) is 5.02. The summed E-state index contributed by atoms with van der Waals surface area (Å²) in [6.45, 7) is 3.04. The van der Waals surface area contributed by atoms with Gasteiger partial charge in [0.1, 0.15) is 0 Å². The van der Waals surface area contributed by atoms with E-state index in [9.17, 15) is 0 Å². The molecule has 0 unspecified atom stereocenters. The summed E-state index contributed by atoms with van der Waals surface area (Å²) in [5.74, 6) is 1.65. The van der Waals surface area contributed by atoms with Crippen molar-refractivity contribution in [3.05, 3.63) is 35.9 Å². The van der Waals surface area contributed by atoms with Gasteiger partial charge in [-0.25, -0.2) is 0 Å². The maximum atomic E-state index is 5.71. The van der Waals surface area contributed by atoms with Crippen LogP contribution in [0.2, 0.25) is 0 Å². The zero-order chi connectivity index (χ0) is 11.9. The van der Waals surface area contributed by atoms with Crippen molar-refractivity contribution in [2.24, 2.45) is 17.6 Å². The van der Waals surface area contributed by atoms with Gasteiger partial charge in [-0.15, -0.1) is 0 Å². The van der Waals surface area contributed by atoms with E-state index in [0.717, 1.165) is 31.5 Å². The zero-order valence-electron chi connectivity index (χ0n) is 10.6. The molecular weight excluding hydrogens is 208 g/mol. The minimum absolute atomic E-state index is 0.792. The largest absolute Gasteiger partial charge is 0.330 e. The third-order valence-corrected chi connectivity index (χ3v) is 3.90. The van der Waals surface area contributed by atoms with E-state index in [2.05, 4.69) is 35.6 Å². The Morgan fingerprint density at radius 2 is 1.65 bits per heavy atom. The lowest BCUT2D eigenvalue weighted by Gasteiger charge is -2.27. The van der Waals surface area contributed by atoms with E-state index in [0.29, 0.717) is 0 Å². The molecule has 3 N–H and O–H groups in total. The molecule has 1 aliphatic carbocycles. The molecule has 0 bridgehead atoms. The molecule has 2 rings (SSSR count). The van der Waals surface area contributed by atoms with Gasteiger partial charge >= 0.3 is 0 Å². The number of benzene rings is 1. The first-order valence-corrected chi connectivity index (χ1v) is 6.83. The van der Waals surface area contributed by atoms with Gasteiger partial charge in [0.05, 0.1) is 0 Å². The molecule has 0 heterocycles. The predicted octanol–water partition coefficient (Wildman–Crippen LogP) is 2.54. The Morgan fingerprint density at radius 3 is 2.29 bits per heavy atom. The second-order valence-corrected chi connectivity index (χ2v) is 5.24. The molecule has 94 valence electrons. The van der Waals surface area contributed by atoms with Crippen molar-refractivity contribution in [3.8, 4) is 0 Å². The van der Waals surface area contributed by atoms with E-state index >= 15 is 0 Å². The SMILES string of the molecule is NCC1CCC(CNCc2ccccc2)CC1. The second kappa shape index (κ2) is 6.77. The van der Waals surface area contributed by atoms with Crippen LogP contribution in [0.3, 0.4) is 0 Å². The number of nitrogens with one attached hydrogen (secondary N) is 1. The lowest BCUT2D eigenvalue weighted by molar-refractivity contribution is 0.272. The molecular formula is C15H24N2. The van der Waals surface area contributed by atoms with Crippen LogP contribution in [0.5, 0.6) is 0 Å². The molecule has 2 nitrogen and oxygen atoms in total. The lowest BCUT2D eigenvalue weighted by Crippen LogP contribution is -2.28. The molecule has 17 heavy (non-hydrogen) atoms. The summed E-state index contributed by atoms with van der Waals surface area (Å²) in [7, 11) is 0. The highest BCUT2D eigenvalue weighted by molar-refractivity contribution is 5.14. The Balaban J connectivity index is 1.63. The topological polar surface area (TPSA) is 38.0 Å². The van der Waals surface area contributed by atoms with Gasteiger partial charge < -0.3 is 11.1 Å². The molecule has 1 aromatic rings. The summed E-state index contributed by atoms with van der Waals surface area (Å²) in [5.41, 5.74) is 7.09. The first kappa shape index (κ1) is 12.6. The van der Waals surface area contributed by atoms with Crippen LogP contribution in [0.25, 0.3) is 0 Å². The van der Waals surface area contributed by atoms with Gasteiger partial charge in [-0.3, -0.25) is 0 Å². The van der Waals surface area contributed by atoms with Gasteiger partial charge in [-0.05, 0) is 56.2 Å². The van der Waals surface area contributed by atoms with Crippen molar-refractivity contribution >= 4 is 0 Å². The summed E-state index contributed by atoms with van der Waals surface area (Å²) >= 11 is 0. The van der Waals surface area contributed by atoms with E-state index < -0.39 is 0 Å². The van der Waals surface area contributed by atoms with E-state index in [1.807, 2.05) is 0 Å². The summed E-state index contributed by atoms with van der Waals surface area (Å²) in [6, 6.07) is 10.6. The maximum absolute atomic E-state index is 5.71.